The highest BCUT2D eigenvalue weighted by Crippen LogP contribution is 2.24. The number of hydrogen-bond donors (Lipinski definition) is 1. The van der Waals surface area contributed by atoms with Crippen LogP contribution in [0.2, 0.25) is 0 Å². The largest absolute Gasteiger partial charge is 0.422 e. The number of nitriles is 1. The fourth-order valence-electron chi connectivity index (χ4n) is 2.89. The number of amides is 3. The number of aryl methyl sites for hydroxylation is 1. The Balaban J connectivity index is 1.84. The molecule has 0 spiro atoms. The molecule has 1 N–H and O–H groups in total. The summed E-state index contributed by atoms with van der Waals surface area (Å²) in [7, 11) is 0. The summed E-state index contributed by atoms with van der Waals surface area (Å²) in [5.74, 6) is -2.67. The monoisotopic (exact) mass is 397 g/mol. The number of fused-ring (bicyclic) bond motifs is 1. The highest BCUT2D eigenvalue weighted by atomic mass is 16.7. The van der Waals surface area contributed by atoms with Crippen LogP contribution in [0.1, 0.15) is 30.4 Å². The van der Waals surface area contributed by atoms with Crippen molar-refractivity contribution in [3.63, 3.8) is 0 Å². The maximum absolute atomic E-state index is 12.3. The summed E-state index contributed by atoms with van der Waals surface area (Å²) in [6.45, 7) is 1.61. The van der Waals surface area contributed by atoms with Crippen molar-refractivity contribution in [1.29, 1.82) is 5.26 Å². The number of rotatable bonds is 5. The van der Waals surface area contributed by atoms with Gasteiger partial charge in [0, 0.05) is 30.0 Å². The van der Waals surface area contributed by atoms with Crippen LogP contribution in [-0.2, 0) is 30.4 Å². The summed E-state index contributed by atoms with van der Waals surface area (Å²) in [4.78, 5) is 63.8. The van der Waals surface area contributed by atoms with Crippen LogP contribution in [-0.4, -0.2) is 28.8 Å². The van der Waals surface area contributed by atoms with E-state index in [0.29, 0.717) is 21.7 Å². The molecule has 2 heterocycles. The Hall–Kier alpha value is -4.00. The minimum Gasteiger partial charge on any atom is -0.422 e. The van der Waals surface area contributed by atoms with Crippen LogP contribution in [0, 0.1) is 18.3 Å². The molecule has 29 heavy (non-hydrogen) atoms. The first-order valence-corrected chi connectivity index (χ1v) is 8.60. The molecule has 0 aliphatic carbocycles. The smallest absolute Gasteiger partial charge is 0.340 e. The van der Waals surface area contributed by atoms with Gasteiger partial charge in [0.1, 0.15) is 12.0 Å². The van der Waals surface area contributed by atoms with Crippen molar-refractivity contribution in [2.24, 2.45) is 0 Å². The maximum atomic E-state index is 12.3. The van der Waals surface area contributed by atoms with Gasteiger partial charge in [0.2, 0.25) is 5.91 Å². The lowest BCUT2D eigenvalue weighted by Gasteiger charge is -2.13. The highest BCUT2D eigenvalue weighted by Gasteiger charge is 2.33. The first kappa shape index (κ1) is 19.8. The predicted octanol–water partition coefficient (Wildman–Crippen LogP) is 1.10. The molecule has 1 aliphatic rings. The third-order valence-electron chi connectivity index (χ3n) is 4.33. The van der Waals surface area contributed by atoms with Crippen molar-refractivity contribution >= 4 is 40.3 Å². The summed E-state index contributed by atoms with van der Waals surface area (Å²) < 4.78 is 5.24. The molecular formula is C19H15N3O7. The van der Waals surface area contributed by atoms with Gasteiger partial charge < -0.3 is 14.6 Å². The zero-order chi connectivity index (χ0) is 21.1. The first-order chi connectivity index (χ1) is 13.8. The summed E-state index contributed by atoms with van der Waals surface area (Å²) >= 11 is 0. The molecule has 1 saturated heterocycles. The fourth-order valence-corrected chi connectivity index (χ4v) is 2.89. The number of nitrogens with zero attached hydrogens (tertiary/aromatic N) is 2. The van der Waals surface area contributed by atoms with Gasteiger partial charge >= 0.3 is 11.6 Å². The van der Waals surface area contributed by atoms with E-state index >= 15 is 0 Å². The molecule has 148 valence electrons. The second kappa shape index (κ2) is 7.93. The van der Waals surface area contributed by atoms with Crippen molar-refractivity contribution in [2.75, 3.05) is 5.32 Å². The molecule has 1 aromatic heterocycles. The number of benzene rings is 1. The third-order valence-corrected chi connectivity index (χ3v) is 4.33. The van der Waals surface area contributed by atoms with E-state index in [1.165, 1.54) is 6.07 Å². The van der Waals surface area contributed by atoms with Gasteiger partial charge in [0.15, 0.2) is 0 Å². The molecular weight excluding hydrogens is 382 g/mol. The van der Waals surface area contributed by atoms with E-state index in [1.54, 1.807) is 25.1 Å². The molecule has 0 atom stereocenters. The van der Waals surface area contributed by atoms with Gasteiger partial charge in [-0.3, -0.25) is 14.4 Å². The Kier molecular flexibility index (Phi) is 5.40. The molecule has 2 aromatic rings. The number of anilines is 1. The molecule has 0 saturated carbocycles. The van der Waals surface area contributed by atoms with E-state index in [0.717, 1.165) is 0 Å². The molecule has 0 unspecified atom stereocenters. The third kappa shape index (κ3) is 4.14. The zero-order valence-corrected chi connectivity index (χ0v) is 15.3. The molecule has 0 radical (unpaired) electrons. The van der Waals surface area contributed by atoms with E-state index in [9.17, 15) is 24.0 Å². The van der Waals surface area contributed by atoms with E-state index in [-0.39, 0.29) is 30.4 Å². The van der Waals surface area contributed by atoms with Crippen LogP contribution < -0.4 is 10.9 Å². The van der Waals surface area contributed by atoms with Gasteiger partial charge in [0.25, 0.3) is 11.8 Å². The first-order valence-electron chi connectivity index (χ1n) is 8.60. The molecule has 10 heteroatoms. The van der Waals surface area contributed by atoms with Crippen LogP contribution in [0.5, 0.6) is 0 Å². The molecule has 0 bridgehead atoms. The van der Waals surface area contributed by atoms with Crippen molar-refractivity contribution in [2.45, 2.75) is 32.6 Å². The SMILES string of the molecule is Cc1c(CC(=O)ON2C(=O)CCC2=O)c(=O)oc2cc(NC(=O)CC#N)ccc12. The van der Waals surface area contributed by atoms with E-state index in [4.69, 9.17) is 14.5 Å². The van der Waals surface area contributed by atoms with Gasteiger partial charge in [-0.2, -0.15) is 5.26 Å². The van der Waals surface area contributed by atoms with Crippen LogP contribution >= 0.6 is 0 Å². The van der Waals surface area contributed by atoms with E-state index in [1.807, 2.05) is 0 Å². The van der Waals surface area contributed by atoms with Gasteiger partial charge in [-0.15, -0.1) is 5.06 Å². The molecule has 1 fully saturated rings. The molecule has 1 aromatic carbocycles. The predicted molar refractivity (Wildman–Crippen MR) is 97.0 cm³/mol. The number of hydrogen-bond acceptors (Lipinski definition) is 8. The summed E-state index contributed by atoms with van der Waals surface area (Å²) in [5.41, 5.74) is 0.236. The van der Waals surface area contributed by atoms with E-state index in [2.05, 4.69) is 5.32 Å². The van der Waals surface area contributed by atoms with Crippen LogP contribution in [0.15, 0.2) is 27.4 Å². The fraction of sp³-hybridized carbons (Fsp3) is 0.263. The number of nitrogens with one attached hydrogen (secondary N) is 1. The average Bonchev–Trinajstić information content (AvgIpc) is 2.97. The number of carbonyl (C=O) groups excluding carboxylic acids is 4. The standard InChI is InChI=1S/C19H15N3O7/c1-10-12-3-2-11(21-15(23)6-7-20)8-14(12)28-19(27)13(10)9-18(26)29-22-16(24)4-5-17(22)25/h2-3,8H,4-6,9H2,1H3,(H,21,23). The van der Waals surface area contributed by atoms with Crippen molar-refractivity contribution < 1.29 is 28.4 Å². The Morgan fingerprint density at radius 2 is 1.93 bits per heavy atom. The van der Waals surface area contributed by atoms with Crippen LogP contribution in [0.4, 0.5) is 5.69 Å². The average molecular weight is 397 g/mol. The molecule has 3 amide bonds. The highest BCUT2D eigenvalue weighted by molar-refractivity contribution is 6.01. The van der Waals surface area contributed by atoms with Gasteiger partial charge in [-0.1, -0.05) is 0 Å². The van der Waals surface area contributed by atoms with E-state index < -0.39 is 35.7 Å². The van der Waals surface area contributed by atoms with Crippen molar-refractivity contribution in [1.82, 2.24) is 5.06 Å². The second-order valence-electron chi connectivity index (χ2n) is 6.31. The lowest BCUT2D eigenvalue weighted by atomic mass is 10.0. The zero-order valence-electron chi connectivity index (χ0n) is 15.3. The maximum Gasteiger partial charge on any atom is 0.340 e. The van der Waals surface area contributed by atoms with Gasteiger partial charge in [-0.05, 0) is 24.6 Å². The Morgan fingerprint density at radius 3 is 2.59 bits per heavy atom. The van der Waals surface area contributed by atoms with Crippen molar-refractivity contribution in [3.8, 4) is 6.07 Å². The Bertz CT molecular complexity index is 1130. The Labute approximate surface area is 163 Å². The minimum absolute atomic E-state index is 0.0304. The summed E-state index contributed by atoms with van der Waals surface area (Å²) in [6.07, 6.45) is -0.862. The number of imide groups is 1. The summed E-state index contributed by atoms with van der Waals surface area (Å²) in [6, 6.07) is 6.32. The normalized spacial score (nSPS) is 13.4. The number of carbonyl (C=O) groups is 4. The lowest BCUT2D eigenvalue weighted by molar-refractivity contribution is -0.197. The summed E-state index contributed by atoms with van der Waals surface area (Å²) in [5, 5.41) is 12.0. The topological polar surface area (TPSA) is 147 Å². The van der Waals surface area contributed by atoms with Gasteiger partial charge in [0.05, 0.1) is 18.1 Å². The minimum atomic E-state index is -0.941. The van der Waals surface area contributed by atoms with Gasteiger partial charge in [-0.25, -0.2) is 9.59 Å². The van der Waals surface area contributed by atoms with Crippen molar-refractivity contribution in [3.05, 3.63) is 39.7 Å². The molecule has 10 nitrogen and oxygen atoms in total. The number of hydroxylamine groups is 2. The van der Waals surface area contributed by atoms with Crippen LogP contribution in [0.3, 0.4) is 0 Å². The van der Waals surface area contributed by atoms with Crippen LogP contribution in [0.25, 0.3) is 11.0 Å². The lowest BCUT2D eigenvalue weighted by Crippen LogP contribution is -2.33. The molecule has 3 rings (SSSR count). The Morgan fingerprint density at radius 1 is 1.24 bits per heavy atom. The second-order valence-corrected chi connectivity index (χ2v) is 6.31. The quantitative estimate of drug-likeness (QED) is 0.583. The molecule has 1 aliphatic heterocycles.